The highest BCUT2D eigenvalue weighted by Gasteiger charge is 2.10. The summed E-state index contributed by atoms with van der Waals surface area (Å²) in [6.07, 6.45) is 0. The number of benzene rings is 1. The summed E-state index contributed by atoms with van der Waals surface area (Å²) in [5.74, 6) is 0.00300. The summed E-state index contributed by atoms with van der Waals surface area (Å²) < 4.78 is 0. The minimum atomic E-state index is -0.515. The average molecular weight is 226 g/mol. The summed E-state index contributed by atoms with van der Waals surface area (Å²) in [6, 6.07) is 3.72. The molecule has 6 nitrogen and oxygen atoms in total. The quantitative estimate of drug-likeness (QED) is 0.509. The van der Waals surface area contributed by atoms with Crippen molar-refractivity contribution in [1.82, 2.24) is 5.32 Å². The van der Waals surface area contributed by atoms with Gasteiger partial charge < -0.3 is 15.5 Å². The molecule has 0 spiro atoms. The van der Waals surface area contributed by atoms with Crippen LogP contribution in [0.4, 0.5) is 5.69 Å². The highest BCUT2D eigenvalue weighted by Crippen LogP contribution is 2.22. The Morgan fingerprint density at radius 1 is 1.56 bits per heavy atom. The molecule has 0 aliphatic heterocycles. The van der Waals surface area contributed by atoms with Crippen molar-refractivity contribution in [3.05, 3.63) is 33.9 Å². The van der Waals surface area contributed by atoms with Crippen molar-refractivity contribution in [1.29, 1.82) is 0 Å². The fourth-order valence-electron chi connectivity index (χ4n) is 1.18. The van der Waals surface area contributed by atoms with Gasteiger partial charge in [-0.15, -0.1) is 0 Å². The molecule has 0 saturated carbocycles. The summed E-state index contributed by atoms with van der Waals surface area (Å²) in [6.45, 7) is 2.01. The van der Waals surface area contributed by atoms with Crippen molar-refractivity contribution in [2.45, 2.75) is 19.5 Å². The van der Waals surface area contributed by atoms with Crippen molar-refractivity contribution in [2.24, 2.45) is 0 Å². The summed E-state index contributed by atoms with van der Waals surface area (Å²) in [5, 5.41) is 31.7. The number of nitrogens with one attached hydrogen (secondary N) is 1. The van der Waals surface area contributed by atoms with E-state index >= 15 is 0 Å². The van der Waals surface area contributed by atoms with Crippen molar-refractivity contribution in [2.75, 3.05) is 6.61 Å². The van der Waals surface area contributed by atoms with E-state index in [0.717, 1.165) is 0 Å². The predicted octanol–water partition coefficient (Wildman–Crippen LogP) is 0.771. The van der Waals surface area contributed by atoms with Crippen LogP contribution >= 0.6 is 0 Å². The number of aliphatic hydroxyl groups excluding tert-OH is 1. The van der Waals surface area contributed by atoms with E-state index in [4.69, 9.17) is 5.11 Å². The van der Waals surface area contributed by atoms with E-state index in [9.17, 15) is 15.2 Å². The standard InChI is InChI=1S/C10H14N2O4/c1-7(6-13)11-5-8-4-9(12(15)16)2-3-10(8)14/h2-4,7,11,13-14H,5-6H2,1H3/t7-/m0/s1. The van der Waals surface area contributed by atoms with Gasteiger partial charge >= 0.3 is 0 Å². The first-order valence-electron chi connectivity index (χ1n) is 4.85. The van der Waals surface area contributed by atoms with Gasteiger partial charge in [0.15, 0.2) is 0 Å². The highest BCUT2D eigenvalue weighted by molar-refractivity contribution is 5.42. The lowest BCUT2D eigenvalue weighted by Crippen LogP contribution is -2.28. The van der Waals surface area contributed by atoms with E-state index in [1.807, 2.05) is 0 Å². The minimum Gasteiger partial charge on any atom is -0.508 e. The van der Waals surface area contributed by atoms with Crippen LogP contribution in [0.15, 0.2) is 18.2 Å². The molecular weight excluding hydrogens is 212 g/mol. The fraction of sp³-hybridized carbons (Fsp3) is 0.400. The molecule has 0 amide bonds. The van der Waals surface area contributed by atoms with E-state index in [0.29, 0.717) is 5.56 Å². The van der Waals surface area contributed by atoms with Gasteiger partial charge in [-0.05, 0) is 13.0 Å². The Hall–Kier alpha value is -1.66. The van der Waals surface area contributed by atoms with Gasteiger partial charge in [0.25, 0.3) is 5.69 Å². The molecule has 0 heterocycles. The number of non-ortho nitro benzene ring substituents is 1. The third-order valence-corrected chi connectivity index (χ3v) is 2.19. The Morgan fingerprint density at radius 3 is 2.81 bits per heavy atom. The molecule has 1 aromatic carbocycles. The van der Waals surface area contributed by atoms with Crippen LogP contribution in [0.2, 0.25) is 0 Å². The van der Waals surface area contributed by atoms with Gasteiger partial charge in [-0.25, -0.2) is 0 Å². The number of phenolic OH excluding ortho intramolecular Hbond substituents is 1. The van der Waals surface area contributed by atoms with Gasteiger partial charge in [-0.3, -0.25) is 10.1 Å². The molecule has 6 heteroatoms. The molecule has 1 aromatic rings. The molecule has 0 bridgehead atoms. The Balaban J connectivity index is 2.78. The van der Waals surface area contributed by atoms with Gasteiger partial charge in [0.05, 0.1) is 11.5 Å². The van der Waals surface area contributed by atoms with Crippen LogP contribution in [-0.2, 0) is 6.54 Å². The molecule has 0 saturated heterocycles. The van der Waals surface area contributed by atoms with Gasteiger partial charge in [-0.1, -0.05) is 0 Å². The van der Waals surface area contributed by atoms with Crippen LogP contribution in [-0.4, -0.2) is 27.8 Å². The Morgan fingerprint density at radius 2 is 2.25 bits per heavy atom. The third-order valence-electron chi connectivity index (χ3n) is 2.19. The molecule has 1 rings (SSSR count). The largest absolute Gasteiger partial charge is 0.508 e. The van der Waals surface area contributed by atoms with Gasteiger partial charge in [0.1, 0.15) is 5.75 Å². The Labute approximate surface area is 92.7 Å². The molecule has 0 aliphatic carbocycles. The van der Waals surface area contributed by atoms with E-state index in [2.05, 4.69) is 5.32 Å². The molecule has 0 aliphatic rings. The number of aliphatic hydroxyl groups is 1. The highest BCUT2D eigenvalue weighted by atomic mass is 16.6. The first-order chi connectivity index (χ1) is 7.54. The van der Waals surface area contributed by atoms with Crippen molar-refractivity contribution in [3.8, 4) is 5.75 Å². The van der Waals surface area contributed by atoms with Crippen LogP contribution in [0.1, 0.15) is 12.5 Å². The average Bonchev–Trinajstić information content (AvgIpc) is 2.27. The second-order valence-corrected chi connectivity index (χ2v) is 3.53. The van der Waals surface area contributed by atoms with E-state index in [1.165, 1.54) is 18.2 Å². The topological polar surface area (TPSA) is 95.6 Å². The summed E-state index contributed by atoms with van der Waals surface area (Å²) in [4.78, 5) is 10.0. The van der Waals surface area contributed by atoms with Crippen LogP contribution in [0.25, 0.3) is 0 Å². The van der Waals surface area contributed by atoms with Gasteiger partial charge in [0, 0.05) is 30.3 Å². The van der Waals surface area contributed by atoms with Crippen molar-refractivity contribution in [3.63, 3.8) is 0 Å². The Kier molecular flexibility index (Phi) is 4.21. The zero-order valence-electron chi connectivity index (χ0n) is 8.88. The molecule has 1 atom stereocenters. The Bertz CT molecular complexity index is 381. The van der Waals surface area contributed by atoms with Crippen LogP contribution < -0.4 is 5.32 Å². The number of hydrogen-bond acceptors (Lipinski definition) is 5. The van der Waals surface area contributed by atoms with Gasteiger partial charge in [0.2, 0.25) is 0 Å². The molecule has 16 heavy (non-hydrogen) atoms. The summed E-state index contributed by atoms with van der Waals surface area (Å²) >= 11 is 0. The molecular formula is C10H14N2O4. The maximum absolute atomic E-state index is 10.5. The first-order valence-corrected chi connectivity index (χ1v) is 4.85. The molecule has 0 unspecified atom stereocenters. The van der Waals surface area contributed by atoms with Crippen LogP contribution in [0.5, 0.6) is 5.75 Å². The van der Waals surface area contributed by atoms with E-state index in [1.54, 1.807) is 6.92 Å². The summed E-state index contributed by atoms with van der Waals surface area (Å²) in [7, 11) is 0. The molecule has 88 valence electrons. The first kappa shape index (κ1) is 12.4. The zero-order valence-corrected chi connectivity index (χ0v) is 8.88. The number of hydrogen-bond donors (Lipinski definition) is 3. The van der Waals surface area contributed by atoms with Crippen molar-refractivity contribution < 1.29 is 15.1 Å². The zero-order chi connectivity index (χ0) is 12.1. The lowest BCUT2D eigenvalue weighted by molar-refractivity contribution is -0.384. The maximum atomic E-state index is 10.5. The molecule has 3 N–H and O–H groups in total. The number of nitrogens with zero attached hydrogens (tertiary/aromatic N) is 1. The lowest BCUT2D eigenvalue weighted by Gasteiger charge is -2.11. The van der Waals surface area contributed by atoms with Crippen LogP contribution in [0, 0.1) is 10.1 Å². The lowest BCUT2D eigenvalue weighted by atomic mass is 10.1. The predicted molar refractivity (Wildman–Crippen MR) is 58.1 cm³/mol. The smallest absolute Gasteiger partial charge is 0.270 e. The number of phenols is 1. The number of rotatable bonds is 5. The van der Waals surface area contributed by atoms with Gasteiger partial charge in [-0.2, -0.15) is 0 Å². The molecule has 0 fully saturated rings. The fourth-order valence-corrected chi connectivity index (χ4v) is 1.18. The maximum Gasteiger partial charge on any atom is 0.270 e. The summed E-state index contributed by atoms with van der Waals surface area (Å²) in [5.41, 5.74) is 0.376. The van der Waals surface area contributed by atoms with Crippen LogP contribution in [0.3, 0.4) is 0 Å². The number of nitro groups is 1. The normalized spacial score (nSPS) is 12.4. The minimum absolute atomic E-state index is 0.00300. The molecule has 0 radical (unpaired) electrons. The monoisotopic (exact) mass is 226 g/mol. The SMILES string of the molecule is C[C@@H](CO)NCc1cc([N+](=O)[O-])ccc1O. The third kappa shape index (κ3) is 3.18. The number of nitro benzene ring substituents is 1. The van der Waals surface area contributed by atoms with E-state index < -0.39 is 4.92 Å². The molecule has 0 aromatic heterocycles. The van der Waals surface area contributed by atoms with Crippen molar-refractivity contribution >= 4 is 5.69 Å². The second-order valence-electron chi connectivity index (χ2n) is 3.53. The second kappa shape index (κ2) is 5.43. The number of aromatic hydroxyl groups is 1. The van der Waals surface area contributed by atoms with E-state index in [-0.39, 0.29) is 30.6 Å².